The molecule has 4 aromatic rings. The predicted molar refractivity (Wildman–Crippen MR) is 130 cm³/mol. The number of rotatable bonds is 5. The number of fused-ring (bicyclic) bond motifs is 2. The van der Waals surface area contributed by atoms with Crippen LogP contribution < -0.4 is 5.32 Å². The molecule has 1 amide bonds. The highest BCUT2D eigenvalue weighted by atomic mass is 35.5. The SMILES string of the molecule is CNc1ccnc2cc(CN3CCN(Cc4cc5cc(Cl)ccc5[nH]4)C(C)C3=O)ccc12. The molecular weight excluding hydrogens is 422 g/mol. The number of pyridine rings is 1. The van der Waals surface area contributed by atoms with Crippen molar-refractivity contribution in [2.45, 2.75) is 26.1 Å². The van der Waals surface area contributed by atoms with Crippen molar-refractivity contribution in [2.24, 2.45) is 0 Å². The van der Waals surface area contributed by atoms with E-state index in [4.69, 9.17) is 11.6 Å². The van der Waals surface area contributed by atoms with Crippen LogP contribution in [0.15, 0.2) is 54.7 Å². The maximum absolute atomic E-state index is 13.1. The van der Waals surface area contributed by atoms with Crippen molar-refractivity contribution < 1.29 is 4.79 Å². The molecular formula is C25H26ClN5O. The number of nitrogens with zero attached hydrogens (tertiary/aromatic N) is 3. The van der Waals surface area contributed by atoms with Crippen LogP contribution in [-0.2, 0) is 17.9 Å². The fourth-order valence-electron chi connectivity index (χ4n) is 4.54. The molecule has 3 heterocycles. The second-order valence-corrected chi connectivity index (χ2v) is 8.83. The molecule has 164 valence electrons. The van der Waals surface area contributed by atoms with E-state index in [-0.39, 0.29) is 11.9 Å². The van der Waals surface area contributed by atoms with Gasteiger partial charge < -0.3 is 15.2 Å². The molecule has 5 rings (SSSR count). The van der Waals surface area contributed by atoms with Crippen LogP contribution in [0.4, 0.5) is 5.69 Å². The first-order valence-corrected chi connectivity index (χ1v) is 11.2. The number of anilines is 1. The van der Waals surface area contributed by atoms with E-state index >= 15 is 0 Å². The second kappa shape index (κ2) is 8.45. The van der Waals surface area contributed by atoms with Crippen molar-refractivity contribution in [2.75, 3.05) is 25.5 Å². The quantitative estimate of drug-likeness (QED) is 0.467. The predicted octanol–water partition coefficient (Wildman–Crippen LogP) is 4.64. The number of aromatic nitrogens is 2. The second-order valence-electron chi connectivity index (χ2n) is 8.39. The normalized spacial score (nSPS) is 17.4. The van der Waals surface area contributed by atoms with Crippen molar-refractivity contribution in [3.05, 3.63) is 71.0 Å². The van der Waals surface area contributed by atoms with E-state index in [2.05, 4.69) is 44.5 Å². The number of piperazine rings is 1. The summed E-state index contributed by atoms with van der Waals surface area (Å²) < 4.78 is 0. The Bertz CT molecular complexity index is 1300. The third-order valence-electron chi connectivity index (χ3n) is 6.34. The molecule has 0 radical (unpaired) electrons. The minimum atomic E-state index is -0.173. The number of carbonyl (C=O) groups is 1. The van der Waals surface area contributed by atoms with E-state index in [9.17, 15) is 4.79 Å². The summed E-state index contributed by atoms with van der Waals surface area (Å²) in [6.07, 6.45) is 1.81. The van der Waals surface area contributed by atoms with Gasteiger partial charge in [-0.1, -0.05) is 23.7 Å². The van der Waals surface area contributed by atoms with Gasteiger partial charge in [0.25, 0.3) is 0 Å². The monoisotopic (exact) mass is 447 g/mol. The maximum atomic E-state index is 13.1. The molecule has 1 aliphatic heterocycles. The molecule has 0 saturated carbocycles. The van der Waals surface area contributed by atoms with Crippen LogP contribution in [0.2, 0.25) is 5.02 Å². The number of hydrogen-bond donors (Lipinski definition) is 2. The van der Waals surface area contributed by atoms with Gasteiger partial charge in [0.05, 0.1) is 11.6 Å². The number of aromatic amines is 1. The van der Waals surface area contributed by atoms with Crippen molar-refractivity contribution in [3.8, 4) is 0 Å². The van der Waals surface area contributed by atoms with E-state index in [1.54, 1.807) is 0 Å². The van der Waals surface area contributed by atoms with Crippen LogP contribution in [0.5, 0.6) is 0 Å². The summed E-state index contributed by atoms with van der Waals surface area (Å²) in [5.41, 5.74) is 5.25. The molecule has 7 heteroatoms. The van der Waals surface area contributed by atoms with Gasteiger partial charge in [0.2, 0.25) is 5.91 Å². The molecule has 2 N–H and O–H groups in total. The van der Waals surface area contributed by atoms with Gasteiger partial charge >= 0.3 is 0 Å². The van der Waals surface area contributed by atoms with E-state index in [1.807, 2.05) is 49.3 Å². The van der Waals surface area contributed by atoms with Gasteiger partial charge in [0.15, 0.2) is 0 Å². The van der Waals surface area contributed by atoms with Crippen LogP contribution in [0.1, 0.15) is 18.2 Å². The summed E-state index contributed by atoms with van der Waals surface area (Å²) in [5.74, 6) is 0.160. The van der Waals surface area contributed by atoms with Crippen molar-refractivity contribution in [1.82, 2.24) is 19.8 Å². The number of carbonyl (C=O) groups excluding carboxylic acids is 1. The summed E-state index contributed by atoms with van der Waals surface area (Å²) in [5, 5.41) is 6.11. The number of hydrogen-bond acceptors (Lipinski definition) is 4. The Kier molecular flexibility index (Phi) is 5.49. The first-order valence-electron chi connectivity index (χ1n) is 10.9. The van der Waals surface area contributed by atoms with E-state index in [0.29, 0.717) is 19.6 Å². The summed E-state index contributed by atoms with van der Waals surface area (Å²) in [6, 6.07) is 16.0. The van der Waals surface area contributed by atoms with Crippen LogP contribution in [-0.4, -0.2) is 51.9 Å². The number of halogens is 1. The third kappa shape index (κ3) is 3.92. The molecule has 1 saturated heterocycles. The summed E-state index contributed by atoms with van der Waals surface area (Å²) in [4.78, 5) is 25.3. The van der Waals surface area contributed by atoms with Gasteiger partial charge in [-0.2, -0.15) is 0 Å². The molecule has 6 nitrogen and oxygen atoms in total. The first-order chi connectivity index (χ1) is 15.5. The zero-order chi connectivity index (χ0) is 22.2. The number of nitrogens with one attached hydrogen (secondary N) is 2. The highest BCUT2D eigenvalue weighted by molar-refractivity contribution is 6.31. The average molecular weight is 448 g/mol. The minimum Gasteiger partial charge on any atom is -0.388 e. The fourth-order valence-corrected chi connectivity index (χ4v) is 4.72. The first kappa shape index (κ1) is 20.8. The molecule has 0 bridgehead atoms. The van der Waals surface area contributed by atoms with Gasteiger partial charge in [0, 0.05) is 72.1 Å². The highest BCUT2D eigenvalue weighted by Gasteiger charge is 2.31. The zero-order valence-electron chi connectivity index (χ0n) is 18.2. The van der Waals surface area contributed by atoms with Crippen LogP contribution >= 0.6 is 11.6 Å². The van der Waals surface area contributed by atoms with E-state index in [0.717, 1.165) is 50.3 Å². The van der Waals surface area contributed by atoms with E-state index < -0.39 is 0 Å². The Balaban J connectivity index is 1.28. The summed E-state index contributed by atoms with van der Waals surface area (Å²) in [7, 11) is 1.91. The molecule has 1 atom stereocenters. The molecule has 0 aliphatic carbocycles. The lowest BCUT2D eigenvalue weighted by molar-refractivity contribution is -0.142. The lowest BCUT2D eigenvalue weighted by Gasteiger charge is -2.39. The maximum Gasteiger partial charge on any atom is 0.239 e. The van der Waals surface area contributed by atoms with Gasteiger partial charge in [-0.25, -0.2) is 0 Å². The Morgan fingerprint density at radius 1 is 1.12 bits per heavy atom. The van der Waals surface area contributed by atoms with E-state index in [1.165, 1.54) is 0 Å². The van der Waals surface area contributed by atoms with Crippen molar-refractivity contribution in [1.29, 1.82) is 0 Å². The Morgan fingerprint density at radius 3 is 2.84 bits per heavy atom. The number of benzene rings is 2. The topological polar surface area (TPSA) is 64.3 Å². The third-order valence-corrected chi connectivity index (χ3v) is 6.57. The number of amides is 1. The Hall–Kier alpha value is -3.09. The standard InChI is InChI=1S/C25H26ClN5O/c1-16-25(32)31(14-17-3-5-21-23(27-2)7-8-28-24(21)11-17)10-9-30(16)15-20-13-18-12-19(26)4-6-22(18)29-20/h3-8,11-13,16,29H,9-10,14-15H2,1-2H3,(H,27,28). The molecule has 1 fully saturated rings. The molecule has 0 spiro atoms. The van der Waals surface area contributed by atoms with Crippen molar-refractivity contribution >= 4 is 45.0 Å². The highest BCUT2D eigenvalue weighted by Crippen LogP contribution is 2.25. The van der Waals surface area contributed by atoms with Crippen LogP contribution in [0.3, 0.4) is 0 Å². The summed E-state index contributed by atoms with van der Waals surface area (Å²) >= 11 is 6.11. The largest absolute Gasteiger partial charge is 0.388 e. The van der Waals surface area contributed by atoms with Crippen LogP contribution in [0, 0.1) is 0 Å². The lowest BCUT2D eigenvalue weighted by Crippen LogP contribution is -2.54. The Morgan fingerprint density at radius 2 is 2.00 bits per heavy atom. The van der Waals surface area contributed by atoms with Gasteiger partial charge in [-0.05, 0) is 48.9 Å². The zero-order valence-corrected chi connectivity index (χ0v) is 19.0. The van der Waals surface area contributed by atoms with Crippen molar-refractivity contribution in [3.63, 3.8) is 0 Å². The van der Waals surface area contributed by atoms with Gasteiger partial charge in [0.1, 0.15) is 0 Å². The summed E-state index contributed by atoms with van der Waals surface area (Å²) in [6.45, 7) is 4.84. The van der Waals surface area contributed by atoms with Gasteiger partial charge in [-0.3, -0.25) is 14.7 Å². The smallest absolute Gasteiger partial charge is 0.239 e. The Labute approximate surface area is 192 Å². The average Bonchev–Trinajstić information content (AvgIpc) is 3.19. The molecule has 1 aliphatic rings. The lowest BCUT2D eigenvalue weighted by atomic mass is 10.1. The molecule has 2 aromatic heterocycles. The fraction of sp³-hybridized carbons (Fsp3) is 0.280. The molecule has 32 heavy (non-hydrogen) atoms. The number of H-pyrrole nitrogens is 1. The molecule has 2 aromatic carbocycles. The van der Waals surface area contributed by atoms with Gasteiger partial charge in [-0.15, -0.1) is 0 Å². The van der Waals surface area contributed by atoms with Crippen LogP contribution in [0.25, 0.3) is 21.8 Å². The minimum absolute atomic E-state index is 0.160. The molecule has 1 unspecified atom stereocenters.